The number of nitrogens with one attached hydrogen (secondary N) is 1. The Balaban J connectivity index is 3.05. The van der Waals surface area contributed by atoms with Gasteiger partial charge in [-0.2, -0.15) is 0 Å². The van der Waals surface area contributed by atoms with Crippen molar-refractivity contribution in [3.8, 4) is 0 Å². The van der Waals surface area contributed by atoms with Crippen LogP contribution < -0.4 is 11.1 Å². The first kappa shape index (κ1) is 11.4. The van der Waals surface area contributed by atoms with Crippen LogP contribution in [0.5, 0.6) is 0 Å². The smallest absolute Gasteiger partial charge is 0.217 e. The van der Waals surface area contributed by atoms with E-state index in [9.17, 15) is 4.79 Å². The molecule has 0 aliphatic carbocycles. The first-order valence-corrected chi connectivity index (χ1v) is 3.94. The molecule has 1 atom stereocenters. The van der Waals surface area contributed by atoms with Crippen LogP contribution in [0.1, 0.15) is 12.8 Å². The van der Waals surface area contributed by atoms with Gasteiger partial charge in [0.15, 0.2) is 0 Å². The average Bonchev–Trinajstić information content (AvgIpc) is 2.03. The van der Waals surface area contributed by atoms with Gasteiger partial charge in [0.05, 0.1) is 12.7 Å². The van der Waals surface area contributed by atoms with E-state index >= 15 is 0 Å². The number of amides is 1. The Kier molecular flexibility index (Phi) is 6.64. The molecule has 0 rings (SSSR count). The molecule has 5 N–H and O–H groups in total. The molecule has 0 bridgehead atoms. The van der Waals surface area contributed by atoms with Crippen molar-refractivity contribution in [1.29, 1.82) is 0 Å². The molecule has 0 aliphatic heterocycles. The molecule has 0 aromatic heterocycles. The Morgan fingerprint density at radius 1 is 1.58 bits per heavy atom. The van der Waals surface area contributed by atoms with Gasteiger partial charge in [0.1, 0.15) is 0 Å². The second kappa shape index (κ2) is 7.02. The average molecular weight is 176 g/mol. The van der Waals surface area contributed by atoms with Crippen LogP contribution in [0.15, 0.2) is 0 Å². The fourth-order valence-electron chi connectivity index (χ4n) is 0.721. The molecule has 1 unspecified atom stereocenters. The van der Waals surface area contributed by atoms with Crippen molar-refractivity contribution >= 4 is 5.91 Å². The minimum Gasteiger partial charge on any atom is -0.394 e. The number of hydrogen-bond acceptors (Lipinski definition) is 4. The van der Waals surface area contributed by atoms with E-state index < -0.39 is 6.10 Å². The predicted octanol–water partition coefficient (Wildman–Crippen LogP) is -1.81. The Bertz CT molecular complexity index is 130. The van der Waals surface area contributed by atoms with Crippen LogP contribution in [0.2, 0.25) is 0 Å². The maximum absolute atomic E-state index is 10.3. The van der Waals surface area contributed by atoms with E-state index in [2.05, 4.69) is 5.32 Å². The number of carbonyl (C=O) groups is 1. The van der Waals surface area contributed by atoms with Gasteiger partial charge in [0.25, 0.3) is 0 Å². The standard InChI is InChI=1S/C7H16N2O3/c8-7(12)2-1-3-9-4-6(11)5-10/h6,9-11H,1-5H2,(H2,8,12). The summed E-state index contributed by atoms with van der Waals surface area (Å²) in [5, 5.41) is 20.2. The molecule has 0 spiro atoms. The highest BCUT2D eigenvalue weighted by molar-refractivity contribution is 5.73. The van der Waals surface area contributed by atoms with Crippen LogP contribution in [0, 0.1) is 0 Å². The maximum Gasteiger partial charge on any atom is 0.217 e. The zero-order chi connectivity index (χ0) is 9.40. The molecule has 0 saturated carbocycles. The molecule has 0 heterocycles. The van der Waals surface area contributed by atoms with Gasteiger partial charge < -0.3 is 21.3 Å². The van der Waals surface area contributed by atoms with Gasteiger partial charge in [-0.1, -0.05) is 0 Å². The fourth-order valence-corrected chi connectivity index (χ4v) is 0.721. The summed E-state index contributed by atoms with van der Waals surface area (Å²) in [6.07, 6.45) is 0.286. The number of carbonyl (C=O) groups excluding carboxylic acids is 1. The predicted molar refractivity (Wildman–Crippen MR) is 44.4 cm³/mol. The number of aliphatic hydroxyl groups excluding tert-OH is 2. The SMILES string of the molecule is NC(=O)CCCNCC(O)CO. The Morgan fingerprint density at radius 3 is 2.75 bits per heavy atom. The molecule has 1 amide bonds. The van der Waals surface area contributed by atoms with E-state index in [1.165, 1.54) is 0 Å². The van der Waals surface area contributed by atoms with Crippen molar-refractivity contribution < 1.29 is 15.0 Å². The second-order valence-corrected chi connectivity index (χ2v) is 2.61. The third kappa shape index (κ3) is 7.46. The van der Waals surface area contributed by atoms with Gasteiger partial charge in [0, 0.05) is 13.0 Å². The Labute approximate surface area is 71.6 Å². The van der Waals surface area contributed by atoms with Gasteiger partial charge in [-0.3, -0.25) is 4.79 Å². The number of hydrogen-bond donors (Lipinski definition) is 4. The van der Waals surface area contributed by atoms with Gasteiger partial charge in [-0.25, -0.2) is 0 Å². The summed E-state index contributed by atoms with van der Waals surface area (Å²) in [5.74, 6) is -0.320. The van der Waals surface area contributed by atoms with Crippen LogP contribution in [0.4, 0.5) is 0 Å². The molecule has 0 saturated heterocycles. The second-order valence-electron chi connectivity index (χ2n) is 2.61. The highest BCUT2D eigenvalue weighted by Gasteiger charge is 1.99. The van der Waals surface area contributed by atoms with Crippen molar-refractivity contribution in [2.24, 2.45) is 5.73 Å². The number of primary amides is 1. The lowest BCUT2D eigenvalue weighted by Gasteiger charge is -2.07. The van der Waals surface area contributed by atoms with E-state index in [4.69, 9.17) is 15.9 Å². The number of rotatable bonds is 7. The van der Waals surface area contributed by atoms with Crippen molar-refractivity contribution in [2.45, 2.75) is 18.9 Å². The molecular formula is C7H16N2O3. The topological polar surface area (TPSA) is 95.6 Å². The Morgan fingerprint density at radius 2 is 2.25 bits per heavy atom. The van der Waals surface area contributed by atoms with Gasteiger partial charge in [0.2, 0.25) is 5.91 Å². The zero-order valence-corrected chi connectivity index (χ0v) is 6.99. The van der Waals surface area contributed by atoms with E-state index in [1.54, 1.807) is 0 Å². The maximum atomic E-state index is 10.3. The van der Waals surface area contributed by atoms with Gasteiger partial charge >= 0.3 is 0 Å². The van der Waals surface area contributed by atoms with Crippen molar-refractivity contribution in [2.75, 3.05) is 19.7 Å². The van der Waals surface area contributed by atoms with Crippen LogP contribution in [-0.4, -0.2) is 41.9 Å². The van der Waals surface area contributed by atoms with E-state index in [0.29, 0.717) is 25.9 Å². The van der Waals surface area contributed by atoms with Crippen LogP contribution in [0.25, 0.3) is 0 Å². The quantitative estimate of drug-likeness (QED) is 0.344. The van der Waals surface area contributed by atoms with E-state index in [-0.39, 0.29) is 12.5 Å². The fraction of sp³-hybridized carbons (Fsp3) is 0.857. The highest BCUT2D eigenvalue weighted by Crippen LogP contribution is 1.84. The third-order valence-electron chi connectivity index (χ3n) is 1.37. The summed E-state index contributed by atoms with van der Waals surface area (Å²) in [5.41, 5.74) is 4.90. The van der Waals surface area contributed by atoms with Gasteiger partial charge in [-0.05, 0) is 13.0 Å². The molecule has 5 heteroatoms. The molecule has 72 valence electrons. The summed E-state index contributed by atoms with van der Waals surface area (Å²) < 4.78 is 0. The molecule has 0 aliphatic rings. The van der Waals surface area contributed by atoms with Gasteiger partial charge in [-0.15, -0.1) is 0 Å². The summed E-state index contributed by atoms with van der Waals surface area (Å²) in [6.45, 7) is 0.720. The molecule has 12 heavy (non-hydrogen) atoms. The zero-order valence-electron chi connectivity index (χ0n) is 6.99. The summed E-state index contributed by atoms with van der Waals surface area (Å²) in [4.78, 5) is 10.3. The lowest BCUT2D eigenvalue weighted by molar-refractivity contribution is -0.118. The van der Waals surface area contributed by atoms with Crippen LogP contribution >= 0.6 is 0 Å². The number of aliphatic hydroxyl groups is 2. The monoisotopic (exact) mass is 176 g/mol. The molecule has 0 fully saturated rings. The summed E-state index contributed by atoms with van der Waals surface area (Å²) in [6, 6.07) is 0. The van der Waals surface area contributed by atoms with E-state index in [1.807, 2.05) is 0 Å². The van der Waals surface area contributed by atoms with E-state index in [0.717, 1.165) is 0 Å². The molecule has 5 nitrogen and oxygen atoms in total. The minimum atomic E-state index is -0.724. The first-order valence-electron chi connectivity index (χ1n) is 3.94. The lowest BCUT2D eigenvalue weighted by Crippen LogP contribution is -2.30. The highest BCUT2D eigenvalue weighted by atomic mass is 16.3. The summed E-state index contributed by atoms with van der Waals surface area (Å²) >= 11 is 0. The van der Waals surface area contributed by atoms with Crippen molar-refractivity contribution in [3.63, 3.8) is 0 Å². The molecular weight excluding hydrogens is 160 g/mol. The molecule has 0 aromatic carbocycles. The third-order valence-corrected chi connectivity index (χ3v) is 1.37. The van der Waals surface area contributed by atoms with Crippen LogP contribution in [-0.2, 0) is 4.79 Å². The largest absolute Gasteiger partial charge is 0.394 e. The lowest BCUT2D eigenvalue weighted by atomic mass is 10.3. The number of nitrogens with two attached hydrogens (primary N) is 1. The summed E-state index contributed by atoms with van der Waals surface area (Å²) in [7, 11) is 0. The normalized spacial score (nSPS) is 12.8. The van der Waals surface area contributed by atoms with Crippen molar-refractivity contribution in [1.82, 2.24) is 5.32 Å². The minimum absolute atomic E-state index is 0.247. The molecule has 0 aromatic rings. The van der Waals surface area contributed by atoms with Crippen LogP contribution in [0.3, 0.4) is 0 Å². The Hall–Kier alpha value is -0.650. The first-order chi connectivity index (χ1) is 5.66. The molecule has 0 radical (unpaired) electrons. The van der Waals surface area contributed by atoms with Crippen molar-refractivity contribution in [3.05, 3.63) is 0 Å².